The maximum atomic E-state index is 9.60. The maximum Gasteiger partial charge on any atom is 0.253 e. The third kappa shape index (κ3) is 2.14. The summed E-state index contributed by atoms with van der Waals surface area (Å²) in [6.07, 6.45) is -3.71. The molecule has 3 radical (unpaired) electrons. The number of rotatable bonds is 1. The van der Waals surface area contributed by atoms with Crippen molar-refractivity contribution in [1.82, 2.24) is 0 Å². The Morgan fingerprint density at radius 3 is 1.33 bits per heavy atom. The molecular formula is C3H5O3. The lowest BCUT2D eigenvalue weighted by molar-refractivity contribution is -0.204. The molecule has 0 amide bonds. The van der Waals surface area contributed by atoms with Crippen molar-refractivity contribution in [3.8, 4) is 0 Å². The van der Waals surface area contributed by atoms with Gasteiger partial charge in [0.2, 0.25) is 0 Å². The van der Waals surface area contributed by atoms with Crippen LogP contribution in [0.15, 0.2) is 0 Å². The van der Waals surface area contributed by atoms with Crippen molar-refractivity contribution in [3.05, 3.63) is 0 Å². The normalized spacial score (nSPS) is 15.5. The van der Waals surface area contributed by atoms with Crippen LogP contribution in [0.3, 0.4) is 0 Å². The van der Waals surface area contributed by atoms with Crippen LogP contribution in [-0.2, 0) is 15.3 Å². The highest BCUT2D eigenvalue weighted by atomic mass is 16.5. The van der Waals surface area contributed by atoms with E-state index in [4.69, 9.17) is 0 Å². The molecule has 0 aliphatic carbocycles. The van der Waals surface area contributed by atoms with E-state index in [0.717, 1.165) is 6.92 Å². The van der Waals surface area contributed by atoms with Crippen molar-refractivity contribution < 1.29 is 15.3 Å². The zero-order valence-electron chi connectivity index (χ0n) is 3.38. The van der Waals surface area contributed by atoms with Gasteiger partial charge >= 0.3 is 0 Å². The predicted molar refractivity (Wildman–Crippen MR) is 15.3 cm³/mol. The molecule has 0 N–H and O–H groups in total. The fourth-order valence-electron chi connectivity index (χ4n) is 0. The van der Waals surface area contributed by atoms with Crippen LogP contribution in [0.25, 0.3) is 0 Å². The van der Waals surface area contributed by atoms with E-state index in [1.165, 1.54) is 0 Å². The Balaban J connectivity index is 2.99. The third-order valence-electron chi connectivity index (χ3n) is 0.383. The Morgan fingerprint density at radius 2 is 1.33 bits per heavy atom. The molecule has 0 saturated heterocycles. The molecule has 0 bridgehead atoms. The Hall–Kier alpha value is -0.120. The number of hydrogen-bond donors (Lipinski definition) is 0. The fraction of sp³-hybridized carbons (Fsp3) is 1.00. The lowest BCUT2D eigenvalue weighted by Gasteiger charge is -1.93. The first kappa shape index (κ1) is 5.88. The van der Waals surface area contributed by atoms with Crippen LogP contribution >= 0.6 is 0 Å². The van der Waals surface area contributed by atoms with Gasteiger partial charge in [-0.05, 0) is 6.92 Å². The van der Waals surface area contributed by atoms with Gasteiger partial charge in [0.15, 0.2) is 0 Å². The monoisotopic (exact) mass is 89.0 g/mol. The molecule has 0 aliphatic heterocycles. The summed E-state index contributed by atoms with van der Waals surface area (Å²) in [5, 5.41) is 28.3. The zero-order valence-corrected chi connectivity index (χ0v) is 3.38. The minimum atomic E-state index is -2.20. The van der Waals surface area contributed by atoms with Crippen LogP contribution in [0, 0.1) is 0 Å². The van der Waals surface area contributed by atoms with E-state index in [9.17, 15) is 15.3 Å². The first-order valence-electron chi connectivity index (χ1n) is 1.62. The average molecular weight is 89.1 g/mol. The van der Waals surface area contributed by atoms with Crippen LogP contribution in [0.4, 0.5) is 0 Å². The molecule has 0 aromatic carbocycles. The first-order chi connectivity index (χ1) is 2.64. The Bertz CT molecular complexity index is 27.0. The van der Waals surface area contributed by atoms with E-state index in [1.54, 1.807) is 0 Å². The molecule has 0 aromatic heterocycles. The highest BCUT2D eigenvalue weighted by Crippen LogP contribution is 1.85. The highest BCUT2D eigenvalue weighted by Gasteiger charge is 2.09. The summed E-state index contributed by atoms with van der Waals surface area (Å²) in [5.74, 6) is 0. The molecule has 0 rings (SSSR count). The lowest BCUT2D eigenvalue weighted by Crippen LogP contribution is -2.16. The summed E-state index contributed by atoms with van der Waals surface area (Å²) in [7, 11) is 0. The molecular weight excluding hydrogens is 84.0 g/mol. The molecule has 6 heavy (non-hydrogen) atoms. The molecule has 3 heteroatoms. The van der Waals surface area contributed by atoms with Crippen molar-refractivity contribution >= 4 is 0 Å². The fourth-order valence-corrected chi connectivity index (χ4v) is 0. The van der Waals surface area contributed by atoms with Gasteiger partial charge in [-0.15, -0.1) is 0 Å². The van der Waals surface area contributed by atoms with Crippen molar-refractivity contribution in [1.29, 1.82) is 0 Å². The van der Waals surface area contributed by atoms with Crippen LogP contribution < -0.4 is 0 Å². The first-order valence-corrected chi connectivity index (χ1v) is 1.62. The lowest BCUT2D eigenvalue weighted by atomic mass is 10.4. The molecule has 0 spiro atoms. The largest absolute Gasteiger partial charge is 0.253 e. The van der Waals surface area contributed by atoms with Gasteiger partial charge in [-0.1, -0.05) is 0 Å². The van der Waals surface area contributed by atoms with Crippen LogP contribution in [0.2, 0.25) is 0 Å². The van der Waals surface area contributed by atoms with Crippen molar-refractivity contribution in [2.45, 2.75) is 19.3 Å². The van der Waals surface area contributed by atoms with Gasteiger partial charge in [-0.3, -0.25) is 0 Å². The summed E-state index contributed by atoms with van der Waals surface area (Å²) < 4.78 is 0. The van der Waals surface area contributed by atoms with Crippen LogP contribution in [-0.4, -0.2) is 12.4 Å². The van der Waals surface area contributed by atoms with E-state index < -0.39 is 12.4 Å². The topological polar surface area (TPSA) is 59.7 Å². The van der Waals surface area contributed by atoms with Crippen LogP contribution in [0.5, 0.6) is 0 Å². The molecule has 1 atom stereocenters. The summed E-state index contributed by atoms with van der Waals surface area (Å²) in [5.41, 5.74) is 0. The van der Waals surface area contributed by atoms with Gasteiger partial charge in [0.1, 0.15) is 6.10 Å². The molecule has 0 aromatic rings. The van der Waals surface area contributed by atoms with Crippen LogP contribution in [0.1, 0.15) is 6.92 Å². The minimum absolute atomic E-state index is 1.06. The second-order valence-corrected chi connectivity index (χ2v) is 1.07. The smallest absolute Gasteiger partial charge is 0.228 e. The van der Waals surface area contributed by atoms with Gasteiger partial charge < -0.3 is 0 Å². The second-order valence-electron chi connectivity index (χ2n) is 1.07. The van der Waals surface area contributed by atoms with E-state index in [-0.39, 0.29) is 0 Å². The van der Waals surface area contributed by atoms with Gasteiger partial charge in [0, 0.05) is 0 Å². The SMILES string of the molecule is CC([O])C([O])[O]. The maximum absolute atomic E-state index is 9.60. The summed E-state index contributed by atoms with van der Waals surface area (Å²) in [6.45, 7) is 1.06. The molecule has 35 valence electrons. The van der Waals surface area contributed by atoms with Crippen molar-refractivity contribution in [2.75, 3.05) is 0 Å². The van der Waals surface area contributed by atoms with Gasteiger partial charge in [0.05, 0.1) is 0 Å². The predicted octanol–water partition coefficient (Wildman–Crippen LogP) is -0.00750. The molecule has 3 nitrogen and oxygen atoms in total. The quantitative estimate of drug-likeness (QED) is 0.406. The molecule has 0 heterocycles. The van der Waals surface area contributed by atoms with E-state index in [2.05, 4.69) is 0 Å². The Labute approximate surface area is 35.9 Å². The third-order valence-corrected chi connectivity index (χ3v) is 0.383. The van der Waals surface area contributed by atoms with Gasteiger partial charge in [-0.25, -0.2) is 5.11 Å². The van der Waals surface area contributed by atoms with E-state index >= 15 is 0 Å². The average Bonchev–Trinajstić information content (AvgIpc) is 1.36. The zero-order chi connectivity index (χ0) is 5.15. The molecule has 0 fully saturated rings. The van der Waals surface area contributed by atoms with Crippen molar-refractivity contribution in [3.63, 3.8) is 0 Å². The minimum Gasteiger partial charge on any atom is -0.228 e. The molecule has 0 aliphatic rings. The second kappa shape index (κ2) is 2.12. The Kier molecular flexibility index (Phi) is 2.08. The molecule has 1 unspecified atom stereocenters. The molecule has 0 saturated carbocycles. The van der Waals surface area contributed by atoms with Gasteiger partial charge in [0.25, 0.3) is 6.29 Å². The summed E-state index contributed by atoms with van der Waals surface area (Å²) >= 11 is 0. The van der Waals surface area contributed by atoms with Gasteiger partial charge in [-0.2, -0.15) is 10.2 Å². The van der Waals surface area contributed by atoms with E-state index in [0.29, 0.717) is 0 Å². The standard InChI is InChI=1S/C3H5O3/c1-2(4)3(5)6/h2-3H,1H3. The summed E-state index contributed by atoms with van der Waals surface area (Å²) in [4.78, 5) is 0. The summed E-state index contributed by atoms with van der Waals surface area (Å²) in [6, 6.07) is 0. The Morgan fingerprint density at radius 1 is 1.17 bits per heavy atom. The van der Waals surface area contributed by atoms with E-state index in [1.807, 2.05) is 0 Å². The van der Waals surface area contributed by atoms with Crippen molar-refractivity contribution in [2.24, 2.45) is 0 Å². The highest BCUT2D eigenvalue weighted by molar-refractivity contribution is 4.41. The number of hydrogen-bond acceptors (Lipinski definition) is 0.